The molecule has 0 amide bonds. The van der Waals surface area contributed by atoms with Gasteiger partial charge in [0, 0.05) is 25.3 Å². The molecule has 9 heteroatoms. The minimum Gasteiger partial charge on any atom is -0.355 e. The van der Waals surface area contributed by atoms with Crippen molar-refractivity contribution < 1.29 is 21.6 Å². The van der Waals surface area contributed by atoms with Gasteiger partial charge < -0.3 is 4.90 Å². The van der Waals surface area contributed by atoms with E-state index in [-0.39, 0.29) is 10.9 Å². The van der Waals surface area contributed by atoms with Gasteiger partial charge in [-0.05, 0) is 62.1 Å². The molecule has 0 saturated carbocycles. The molecule has 28 heavy (non-hydrogen) atoms. The van der Waals surface area contributed by atoms with Crippen LogP contribution in [0, 0.1) is 20.8 Å². The molecule has 1 atom stereocenters. The lowest BCUT2D eigenvalue weighted by atomic mass is 10.1. The predicted molar refractivity (Wildman–Crippen MR) is 101 cm³/mol. The van der Waals surface area contributed by atoms with E-state index in [4.69, 9.17) is 0 Å². The molecule has 0 radical (unpaired) electrons. The molecule has 0 bridgehead atoms. The molecule has 0 spiro atoms. The molecule has 1 aliphatic heterocycles. The van der Waals surface area contributed by atoms with Gasteiger partial charge in [0.25, 0.3) is 0 Å². The normalized spacial score (nSPS) is 17.9. The van der Waals surface area contributed by atoms with Crippen molar-refractivity contribution in [3.05, 3.63) is 52.7 Å². The summed E-state index contributed by atoms with van der Waals surface area (Å²) in [5.41, 5.74) is 1.79. The highest BCUT2D eigenvalue weighted by Gasteiger charge is 2.32. The summed E-state index contributed by atoms with van der Waals surface area (Å²) in [7, 11) is -3.69. The number of hydrogen-bond donors (Lipinski definition) is 1. The number of aryl methyl sites for hydroxylation is 3. The largest absolute Gasteiger partial charge is 0.417 e. The average molecular weight is 413 g/mol. The van der Waals surface area contributed by atoms with Crippen LogP contribution >= 0.6 is 0 Å². The van der Waals surface area contributed by atoms with Crippen molar-refractivity contribution >= 4 is 15.8 Å². The number of hydrogen-bond acceptors (Lipinski definition) is 4. The van der Waals surface area contributed by atoms with E-state index in [0.717, 1.165) is 23.4 Å². The molecular formula is C19H22F3N3O2S. The number of rotatable bonds is 4. The Labute approximate surface area is 162 Å². The van der Waals surface area contributed by atoms with E-state index in [9.17, 15) is 21.6 Å². The Kier molecular flexibility index (Phi) is 5.42. The van der Waals surface area contributed by atoms with Gasteiger partial charge in [-0.1, -0.05) is 6.07 Å². The maximum atomic E-state index is 12.8. The smallest absolute Gasteiger partial charge is 0.355 e. The number of benzene rings is 1. The van der Waals surface area contributed by atoms with Gasteiger partial charge >= 0.3 is 6.18 Å². The first kappa shape index (κ1) is 20.6. The Hall–Kier alpha value is -2.13. The summed E-state index contributed by atoms with van der Waals surface area (Å²) in [6, 6.07) is 5.47. The van der Waals surface area contributed by atoms with Crippen LogP contribution in [0.15, 0.2) is 35.4 Å². The number of nitrogens with zero attached hydrogens (tertiary/aromatic N) is 2. The van der Waals surface area contributed by atoms with Crippen LogP contribution in [-0.2, 0) is 16.2 Å². The Bertz CT molecular complexity index is 973. The standard InChI is InChI=1S/C19H22F3N3O2S/c1-12-8-14(3)17(9-13(12)2)28(26,27)24-16-6-7-25(11-16)18-5-4-15(10-23-18)19(20,21)22/h4-5,8-10,16,24H,6-7,11H2,1-3H3. The highest BCUT2D eigenvalue weighted by Crippen LogP contribution is 2.30. The molecule has 1 fully saturated rings. The first-order chi connectivity index (χ1) is 13.0. The third-order valence-electron chi connectivity index (χ3n) is 4.99. The van der Waals surface area contributed by atoms with Gasteiger partial charge in [-0.15, -0.1) is 0 Å². The lowest BCUT2D eigenvalue weighted by Crippen LogP contribution is -2.37. The molecule has 5 nitrogen and oxygen atoms in total. The van der Waals surface area contributed by atoms with E-state index in [1.54, 1.807) is 17.9 Å². The van der Waals surface area contributed by atoms with E-state index in [1.807, 2.05) is 19.9 Å². The third-order valence-corrected chi connectivity index (χ3v) is 6.65. The third kappa shape index (κ3) is 4.30. The average Bonchev–Trinajstić information content (AvgIpc) is 3.05. The Morgan fingerprint density at radius 2 is 1.79 bits per heavy atom. The number of sulfonamides is 1. The van der Waals surface area contributed by atoms with Crippen molar-refractivity contribution in [1.82, 2.24) is 9.71 Å². The molecule has 0 aliphatic carbocycles. The number of pyridine rings is 1. The molecule has 1 saturated heterocycles. The quantitative estimate of drug-likeness (QED) is 0.832. The Morgan fingerprint density at radius 3 is 2.39 bits per heavy atom. The van der Waals surface area contributed by atoms with Crippen LogP contribution in [0.1, 0.15) is 28.7 Å². The molecular weight excluding hydrogens is 391 g/mol. The first-order valence-corrected chi connectivity index (χ1v) is 10.3. The van der Waals surface area contributed by atoms with Gasteiger partial charge in [-0.2, -0.15) is 13.2 Å². The fourth-order valence-electron chi connectivity index (χ4n) is 3.31. The van der Waals surface area contributed by atoms with Crippen molar-refractivity contribution in [2.75, 3.05) is 18.0 Å². The molecule has 1 unspecified atom stereocenters. The van der Waals surface area contributed by atoms with Crippen LogP contribution in [0.25, 0.3) is 0 Å². The molecule has 3 rings (SSSR count). The van der Waals surface area contributed by atoms with Gasteiger partial charge in [0.15, 0.2) is 0 Å². The monoisotopic (exact) mass is 413 g/mol. The second kappa shape index (κ2) is 7.36. The number of halogens is 3. The van der Waals surface area contributed by atoms with Gasteiger partial charge in [-0.3, -0.25) is 0 Å². The van der Waals surface area contributed by atoms with Gasteiger partial charge in [0.1, 0.15) is 5.82 Å². The van der Waals surface area contributed by atoms with E-state index >= 15 is 0 Å². The van der Waals surface area contributed by atoms with Crippen LogP contribution in [-0.4, -0.2) is 32.5 Å². The van der Waals surface area contributed by atoms with Crippen molar-refractivity contribution in [1.29, 1.82) is 0 Å². The van der Waals surface area contributed by atoms with Gasteiger partial charge in [-0.25, -0.2) is 18.1 Å². The van der Waals surface area contributed by atoms with Crippen LogP contribution < -0.4 is 9.62 Å². The fourth-order valence-corrected chi connectivity index (χ4v) is 4.88. The predicted octanol–water partition coefficient (Wildman–Crippen LogP) is 3.58. The van der Waals surface area contributed by atoms with E-state index in [1.165, 1.54) is 6.07 Å². The van der Waals surface area contributed by atoms with Crippen molar-refractivity contribution in [2.45, 2.75) is 44.3 Å². The summed E-state index contributed by atoms with van der Waals surface area (Å²) in [4.78, 5) is 5.91. The highest BCUT2D eigenvalue weighted by atomic mass is 32.2. The van der Waals surface area contributed by atoms with E-state index in [0.29, 0.717) is 30.9 Å². The Morgan fingerprint density at radius 1 is 1.11 bits per heavy atom. The summed E-state index contributed by atoms with van der Waals surface area (Å²) >= 11 is 0. The lowest BCUT2D eigenvalue weighted by molar-refractivity contribution is -0.137. The van der Waals surface area contributed by atoms with Crippen LogP contribution in [0.5, 0.6) is 0 Å². The summed E-state index contributed by atoms with van der Waals surface area (Å²) in [6.07, 6.45) is -3.09. The SMILES string of the molecule is Cc1cc(C)c(S(=O)(=O)NC2CCN(c3ccc(C(F)(F)F)cn3)C2)cc1C. The summed E-state index contributed by atoms with van der Waals surface area (Å²) < 4.78 is 66.3. The number of nitrogens with one attached hydrogen (secondary N) is 1. The zero-order chi connectivity index (χ0) is 20.7. The summed E-state index contributed by atoms with van der Waals surface area (Å²) in [6.45, 7) is 6.41. The topological polar surface area (TPSA) is 62.3 Å². The van der Waals surface area contributed by atoms with Crippen LogP contribution in [0.3, 0.4) is 0 Å². The van der Waals surface area contributed by atoms with Crippen LogP contribution in [0.2, 0.25) is 0 Å². The zero-order valence-corrected chi connectivity index (χ0v) is 16.7. The zero-order valence-electron chi connectivity index (χ0n) is 15.8. The fraction of sp³-hybridized carbons (Fsp3) is 0.421. The number of alkyl halides is 3. The lowest BCUT2D eigenvalue weighted by Gasteiger charge is -2.19. The molecule has 2 heterocycles. The van der Waals surface area contributed by atoms with Crippen molar-refractivity contribution in [3.8, 4) is 0 Å². The number of aromatic nitrogens is 1. The molecule has 152 valence electrons. The van der Waals surface area contributed by atoms with Gasteiger partial charge in [0.05, 0.1) is 10.5 Å². The minimum absolute atomic E-state index is 0.252. The van der Waals surface area contributed by atoms with Crippen molar-refractivity contribution in [3.63, 3.8) is 0 Å². The second-order valence-corrected chi connectivity index (χ2v) is 8.84. The molecule has 1 N–H and O–H groups in total. The second-order valence-electron chi connectivity index (χ2n) is 7.16. The first-order valence-electron chi connectivity index (χ1n) is 8.86. The van der Waals surface area contributed by atoms with E-state index in [2.05, 4.69) is 9.71 Å². The minimum atomic E-state index is -4.43. The molecule has 1 aliphatic rings. The molecule has 1 aromatic heterocycles. The van der Waals surface area contributed by atoms with Crippen LogP contribution in [0.4, 0.5) is 19.0 Å². The maximum Gasteiger partial charge on any atom is 0.417 e. The van der Waals surface area contributed by atoms with E-state index < -0.39 is 21.8 Å². The summed E-state index contributed by atoms with van der Waals surface area (Å²) in [5, 5.41) is 0. The van der Waals surface area contributed by atoms with Crippen molar-refractivity contribution in [2.24, 2.45) is 0 Å². The summed E-state index contributed by atoms with van der Waals surface area (Å²) in [5.74, 6) is 0.400. The Balaban J connectivity index is 1.71. The highest BCUT2D eigenvalue weighted by molar-refractivity contribution is 7.89. The molecule has 1 aromatic carbocycles. The van der Waals surface area contributed by atoms with Gasteiger partial charge in [0.2, 0.25) is 10.0 Å². The maximum absolute atomic E-state index is 12.8. The number of anilines is 1. The molecule has 2 aromatic rings.